The highest BCUT2D eigenvalue weighted by molar-refractivity contribution is 5.85. The van der Waals surface area contributed by atoms with Crippen LogP contribution in [0.1, 0.15) is 18.4 Å². The Bertz CT molecular complexity index is 519. The smallest absolute Gasteiger partial charge is 0.223 e. The average molecular weight is 345 g/mol. The molecule has 1 aromatic carbocycles. The zero-order valence-electron chi connectivity index (χ0n) is 13.8. The van der Waals surface area contributed by atoms with Crippen molar-refractivity contribution in [3.8, 4) is 17.2 Å². The fraction of sp³-hybridized carbons (Fsp3) is 0.562. The molecule has 1 aliphatic heterocycles. The van der Waals surface area contributed by atoms with Gasteiger partial charge in [-0.3, -0.25) is 4.79 Å². The van der Waals surface area contributed by atoms with E-state index in [4.69, 9.17) is 14.2 Å². The highest BCUT2D eigenvalue weighted by Crippen LogP contribution is 2.34. The van der Waals surface area contributed by atoms with Crippen molar-refractivity contribution >= 4 is 18.3 Å². The fourth-order valence-electron chi connectivity index (χ4n) is 2.64. The molecule has 2 rings (SSSR count). The monoisotopic (exact) mass is 344 g/mol. The average Bonchev–Trinajstić information content (AvgIpc) is 2.59. The van der Waals surface area contributed by atoms with E-state index in [0.29, 0.717) is 23.8 Å². The van der Waals surface area contributed by atoms with Crippen LogP contribution in [0.15, 0.2) is 12.1 Å². The van der Waals surface area contributed by atoms with Gasteiger partial charge in [0, 0.05) is 24.1 Å². The number of halogens is 1. The Morgan fingerprint density at radius 2 is 1.65 bits per heavy atom. The normalized spacial score (nSPS) is 14.6. The number of piperidine rings is 1. The van der Waals surface area contributed by atoms with Gasteiger partial charge in [-0.15, -0.1) is 12.4 Å². The van der Waals surface area contributed by atoms with Crippen molar-refractivity contribution in [1.82, 2.24) is 10.6 Å². The molecule has 2 N–H and O–H groups in total. The number of carbonyl (C=O) groups is 1. The largest absolute Gasteiger partial charge is 0.496 e. The Hall–Kier alpha value is -1.66. The maximum absolute atomic E-state index is 12.2. The topological polar surface area (TPSA) is 68.8 Å². The number of benzene rings is 1. The number of carbonyl (C=O) groups excluding carboxylic acids is 1. The first-order valence-corrected chi connectivity index (χ1v) is 7.47. The molecule has 23 heavy (non-hydrogen) atoms. The Balaban J connectivity index is 0.00000264. The summed E-state index contributed by atoms with van der Waals surface area (Å²) in [7, 11) is 4.76. The maximum atomic E-state index is 12.2. The van der Waals surface area contributed by atoms with Crippen molar-refractivity contribution < 1.29 is 19.0 Å². The second-order valence-electron chi connectivity index (χ2n) is 5.26. The molecule has 0 unspecified atom stereocenters. The van der Waals surface area contributed by atoms with E-state index in [9.17, 15) is 4.79 Å². The first kappa shape index (κ1) is 19.4. The van der Waals surface area contributed by atoms with Gasteiger partial charge in [0.1, 0.15) is 5.75 Å². The summed E-state index contributed by atoms with van der Waals surface area (Å²) in [4.78, 5) is 12.2. The molecule has 6 nitrogen and oxygen atoms in total. The predicted molar refractivity (Wildman–Crippen MR) is 90.8 cm³/mol. The minimum Gasteiger partial charge on any atom is -0.496 e. The van der Waals surface area contributed by atoms with Gasteiger partial charge in [-0.2, -0.15) is 0 Å². The van der Waals surface area contributed by atoms with E-state index in [1.807, 2.05) is 6.07 Å². The van der Waals surface area contributed by atoms with E-state index in [-0.39, 0.29) is 24.2 Å². The summed E-state index contributed by atoms with van der Waals surface area (Å²) in [5.74, 6) is 2.08. The summed E-state index contributed by atoms with van der Waals surface area (Å²) in [5, 5.41) is 6.25. The Morgan fingerprint density at radius 1 is 1.09 bits per heavy atom. The van der Waals surface area contributed by atoms with Crippen molar-refractivity contribution in [2.45, 2.75) is 19.4 Å². The van der Waals surface area contributed by atoms with Gasteiger partial charge in [0.2, 0.25) is 5.91 Å². The van der Waals surface area contributed by atoms with Gasteiger partial charge in [-0.25, -0.2) is 0 Å². The standard InChI is InChI=1S/C16H24N2O4.ClH/c1-20-13-9-15(22-3)14(21-2)8-12(13)10-18-16(19)11-4-6-17-7-5-11;/h8-9,11,17H,4-7,10H2,1-3H3,(H,18,19);1H. The molecule has 1 fully saturated rings. The van der Waals surface area contributed by atoms with Crippen LogP contribution < -0.4 is 24.8 Å². The van der Waals surface area contributed by atoms with Crippen LogP contribution >= 0.6 is 12.4 Å². The Morgan fingerprint density at radius 3 is 2.22 bits per heavy atom. The molecule has 1 aromatic rings. The lowest BCUT2D eigenvalue weighted by Crippen LogP contribution is -2.37. The molecule has 1 saturated heterocycles. The lowest BCUT2D eigenvalue weighted by atomic mass is 9.97. The molecule has 0 spiro atoms. The van der Waals surface area contributed by atoms with Gasteiger partial charge >= 0.3 is 0 Å². The number of ether oxygens (including phenoxy) is 3. The summed E-state index contributed by atoms with van der Waals surface area (Å²) in [6.45, 7) is 2.21. The third-order valence-corrected chi connectivity index (χ3v) is 3.95. The molecular weight excluding hydrogens is 320 g/mol. The first-order valence-electron chi connectivity index (χ1n) is 7.47. The SMILES string of the molecule is COc1cc(OC)c(OC)cc1CNC(=O)C1CCNCC1.Cl. The number of amides is 1. The van der Waals surface area contributed by atoms with Crippen LogP contribution in [0, 0.1) is 5.92 Å². The first-order chi connectivity index (χ1) is 10.7. The molecule has 0 atom stereocenters. The molecule has 0 radical (unpaired) electrons. The van der Waals surface area contributed by atoms with Crippen molar-refractivity contribution in [1.29, 1.82) is 0 Å². The van der Waals surface area contributed by atoms with E-state index in [2.05, 4.69) is 10.6 Å². The summed E-state index contributed by atoms with van der Waals surface area (Å²) in [6, 6.07) is 3.60. The molecule has 0 aliphatic carbocycles. The quantitative estimate of drug-likeness (QED) is 0.823. The van der Waals surface area contributed by atoms with Gasteiger partial charge in [-0.1, -0.05) is 0 Å². The van der Waals surface area contributed by atoms with Crippen LogP contribution in [0.25, 0.3) is 0 Å². The van der Waals surface area contributed by atoms with E-state index >= 15 is 0 Å². The molecule has 1 amide bonds. The van der Waals surface area contributed by atoms with E-state index in [0.717, 1.165) is 31.5 Å². The van der Waals surface area contributed by atoms with Gasteiger partial charge in [0.15, 0.2) is 11.5 Å². The number of methoxy groups -OCH3 is 3. The van der Waals surface area contributed by atoms with Crippen LogP contribution in [-0.4, -0.2) is 40.3 Å². The highest BCUT2D eigenvalue weighted by atomic mass is 35.5. The number of nitrogens with one attached hydrogen (secondary N) is 2. The van der Waals surface area contributed by atoms with Gasteiger partial charge in [-0.05, 0) is 32.0 Å². The van der Waals surface area contributed by atoms with Gasteiger partial charge in [0.25, 0.3) is 0 Å². The summed E-state index contributed by atoms with van der Waals surface area (Å²) >= 11 is 0. The minimum atomic E-state index is 0. The van der Waals surface area contributed by atoms with Crippen molar-refractivity contribution in [2.75, 3.05) is 34.4 Å². The number of hydrogen-bond acceptors (Lipinski definition) is 5. The van der Waals surface area contributed by atoms with E-state index < -0.39 is 0 Å². The van der Waals surface area contributed by atoms with Gasteiger partial charge in [0.05, 0.1) is 21.3 Å². The molecule has 0 saturated carbocycles. The second-order valence-corrected chi connectivity index (χ2v) is 5.26. The summed E-state index contributed by atoms with van der Waals surface area (Å²) in [6.07, 6.45) is 1.77. The van der Waals surface area contributed by atoms with E-state index in [1.54, 1.807) is 27.4 Å². The summed E-state index contributed by atoms with van der Waals surface area (Å²) < 4.78 is 15.9. The van der Waals surface area contributed by atoms with Crippen LogP contribution in [0.3, 0.4) is 0 Å². The number of hydrogen-bond donors (Lipinski definition) is 2. The van der Waals surface area contributed by atoms with Crippen molar-refractivity contribution in [2.24, 2.45) is 5.92 Å². The van der Waals surface area contributed by atoms with Crippen LogP contribution in [0.2, 0.25) is 0 Å². The Labute approximate surface area is 143 Å². The molecular formula is C16H25ClN2O4. The van der Waals surface area contributed by atoms with Gasteiger partial charge < -0.3 is 24.8 Å². The predicted octanol–water partition coefficient (Wildman–Crippen LogP) is 1.75. The molecule has 1 heterocycles. The third kappa shape index (κ3) is 4.91. The lowest BCUT2D eigenvalue weighted by Gasteiger charge is -2.22. The fourth-order valence-corrected chi connectivity index (χ4v) is 2.64. The second kappa shape index (κ2) is 9.47. The van der Waals surface area contributed by atoms with Crippen LogP contribution in [-0.2, 0) is 11.3 Å². The van der Waals surface area contributed by atoms with Crippen LogP contribution in [0.4, 0.5) is 0 Å². The maximum Gasteiger partial charge on any atom is 0.223 e. The molecule has 1 aliphatic rings. The third-order valence-electron chi connectivity index (χ3n) is 3.95. The zero-order chi connectivity index (χ0) is 15.9. The highest BCUT2D eigenvalue weighted by Gasteiger charge is 2.21. The molecule has 130 valence electrons. The minimum absolute atomic E-state index is 0. The van der Waals surface area contributed by atoms with Crippen molar-refractivity contribution in [3.05, 3.63) is 17.7 Å². The van der Waals surface area contributed by atoms with E-state index in [1.165, 1.54) is 0 Å². The molecule has 0 aromatic heterocycles. The number of rotatable bonds is 6. The zero-order valence-corrected chi connectivity index (χ0v) is 14.6. The Kier molecular flexibility index (Phi) is 7.98. The van der Waals surface area contributed by atoms with Crippen molar-refractivity contribution in [3.63, 3.8) is 0 Å². The molecule has 0 bridgehead atoms. The van der Waals surface area contributed by atoms with Crippen LogP contribution in [0.5, 0.6) is 17.2 Å². The molecule has 7 heteroatoms. The summed E-state index contributed by atoms with van der Waals surface area (Å²) in [5.41, 5.74) is 0.863. The lowest BCUT2D eigenvalue weighted by molar-refractivity contribution is -0.125.